The molecule has 1 fully saturated rings. The summed E-state index contributed by atoms with van der Waals surface area (Å²) in [4.78, 5) is 15.7. The van der Waals surface area contributed by atoms with Gasteiger partial charge in [-0.3, -0.25) is 4.57 Å². The Morgan fingerprint density at radius 3 is 2.78 bits per heavy atom. The first-order valence-corrected chi connectivity index (χ1v) is 7.67. The van der Waals surface area contributed by atoms with E-state index in [4.69, 9.17) is 15.6 Å². The van der Waals surface area contributed by atoms with E-state index in [1.165, 1.54) is 6.20 Å². The van der Waals surface area contributed by atoms with Gasteiger partial charge in [0, 0.05) is 11.8 Å². The Morgan fingerprint density at radius 2 is 2.17 bits per heavy atom. The monoisotopic (exact) mass is 325 g/mol. The first kappa shape index (κ1) is 17.6. The Hall–Kier alpha value is -1.74. The third kappa shape index (κ3) is 3.78. The summed E-state index contributed by atoms with van der Waals surface area (Å²) in [5.74, 6) is 0.0886. The summed E-state index contributed by atoms with van der Waals surface area (Å²) >= 11 is 0. The van der Waals surface area contributed by atoms with Gasteiger partial charge in [0.15, 0.2) is 6.23 Å². The highest BCUT2D eigenvalue weighted by Crippen LogP contribution is 2.28. The Kier molecular flexibility index (Phi) is 5.89. The molecule has 0 unspecified atom stereocenters. The molecule has 1 aromatic rings. The molecule has 2 heterocycles. The van der Waals surface area contributed by atoms with Crippen molar-refractivity contribution >= 4 is 11.9 Å². The number of ether oxygens (including phenoxy) is 1. The third-order valence-corrected chi connectivity index (χ3v) is 3.82. The SMILES string of the molecule is CCCC/C=C/c1cn([C@@H]2O[C@H](CO)[C@@H](O)[C@H]2O)c(=O)nc1N. The third-order valence-electron chi connectivity index (χ3n) is 3.82. The fraction of sp³-hybridized carbons (Fsp3) is 0.600. The molecule has 0 saturated carbocycles. The molecule has 5 N–H and O–H groups in total. The summed E-state index contributed by atoms with van der Waals surface area (Å²) in [6, 6.07) is 0. The van der Waals surface area contributed by atoms with Crippen LogP contribution in [0.1, 0.15) is 38.0 Å². The van der Waals surface area contributed by atoms with Crippen LogP contribution in [0.5, 0.6) is 0 Å². The zero-order valence-corrected chi connectivity index (χ0v) is 13.0. The number of nitrogens with two attached hydrogens (primary N) is 1. The highest BCUT2D eigenvalue weighted by atomic mass is 16.6. The Bertz CT molecular complexity index is 616. The molecule has 1 saturated heterocycles. The van der Waals surface area contributed by atoms with E-state index < -0.39 is 36.8 Å². The number of hydrogen-bond donors (Lipinski definition) is 4. The molecular weight excluding hydrogens is 302 g/mol. The van der Waals surface area contributed by atoms with Gasteiger partial charge in [-0.15, -0.1) is 0 Å². The molecule has 8 heteroatoms. The van der Waals surface area contributed by atoms with Crippen LogP contribution in [-0.4, -0.2) is 49.8 Å². The van der Waals surface area contributed by atoms with Crippen LogP contribution in [0.2, 0.25) is 0 Å². The second kappa shape index (κ2) is 7.69. The van der Waals surface area contributed by atoms with Gasteiger partial charge in [-0.1, -0.05) is 31.9 Å². The van der Waals surface area contributed by atoms with E-state index in [9.17, 15) is 15.0 Å². The highest BCUT2D eigenvalue weighted by molar-refractivity contribution is 5.59. The molecule has 0 spiro atoms. The van der Waals surface area contributed by atoms with Gasteiger partial charge in [0.2, 0.25) is 0 Å². The van der Waals surface area contributed by atoms with Gasteiger partial charge in [-0.2, -0.15) is 4.98 Å². The van der Waals surface area contributed by atoms with Crippen molar-refractivity contribution in [2.75, 3.05) is 12.3 Å². The first-order chi connectivity index (χ1) is 11.0. The largest absolute Gasteiger partial charge is 0.394 e. The molecule has 2 rings (SSSR count). The molecule has 1 aliphatic rings. The molecular formula is C15H23N3O5. The van der Waals surface area contributed by atoms with Crippen LogP contribution < -0.4 is 11.4 Å². The van der Waals surface area contributed by atoms with Gasteiger partial charge < -0.3 is 25.8 Å². The lowest BCUT2D eigenvalue weighted by atomic mass is 10.1. The van der Waals surface area contributed by atoms with Crippen LogP contribution in [0.25, 0.3) is 6.08 Å². The van der Waals surface area contributed by atoms with Crippen molar-refractivity contribution in [2.45, 2.75) is 50.7 Å². The lowest BCUT2D eigenvalue weighted by molar-refractivity contribution is -0.0549. The van der Waals surface area contributed by atoms with E-state index in [0.29, 0.717) is 5.56 Å². The van der Waals surface area contributed by atoms with Crippen molar-refractivity contribution in [1.29, 1.82) is 0 Å². The van der Waals surface area contributed by atoms with Gasteiger partial charge >= 0.3 is 5.69 Å². The van der Waals surface area contributed by atoms with Crippen LogP contribution in [0.4, 0.5) is 5.82 Å². The molecule has 0 aliphatic carbocycles. The average Bonchev–Trinajstić information content (AvgIpc) is 2.81. The number of allylic oxidation sites excluding steroid dienone is 1. The van der Waals surface area contributed by atoms with Crippen molar-refractivity contribution in [3.63, 3.8) is 0 Å². The lowest BCUT2D eigenvalue weighted by Crippen LogP contribution is -2.36. The Labute approximate surface area is 133 Å². The van der Waals surface area contributed by atoms with Gasteiger partial charge in [0.05, 0.1) is 6.61 Å². The predicted molar refractivity (Wildman–Crippen MR) is 84.5 cm³/mol. The van der Waals surface area contributed by atoms with E-state index in [1.54, 1.807) is 6.08 Å². The van der Waals surface area contributed by atoms with Crippen LogP contribution in [0.15, 0.2) is 17.1 Å². The normalized spacial score (nSPS) is 27.8. The minimum Gasteiger partial charge on any atom is -0.394 e. The summed E-state index contributed by atoms with van der Waals surface area (Å²) in [5, 5.41) is 28.9. The number of aromatic nitrogens is 2. The van der Waals surface area contributed by atoms with Crippen LogP contribution >= 0.6 is 0 Å². The van der Waals surface area contributed by atoms with Crippen molar-refractivity contribution in [1.82, 2.24) is 9.55 Å². The van der Waals surface area contributed by atoms with Crippen LogP contribution in [0, 0.1) is 0 Å². The smallest absolute Gasteiger partial charge is 0.351 e. The minimum atomic E-state index is -1.34. The maximum Gasteiger partial charge on any atom is 0.351 e. The highest BCUT2D eigenvalue weighted by Gasteiger charge is 2.43. The van der Waals surface area contributed by atoms with E-state index in [0.717, 1.165) is 23.8 Å². The van der Waals surface area contributed by atoms with Crippen molar-refractivity contribution < 1.29 is 20.1 Å². The number of nitrogen functional groups attached to an aromatic ring is 1. The van der Waals surface area contributed by atoms with Crippen LogP contribution in [-0.2, 0) is 4.74 Å². The van der Waals surface area contributed by atoms with E-state index in [2.05, 4.69) is 11.9 Å². The second-order valence-corrected chi connectivity index (χ2v) is 5.54. The maximum absolute atomic E-state index is 12.0. The summed E-state index contributed by atoms with van der Waals surface area (Å²) < 4.78 is 6.43. The molecule has 0 amide bonds. The number of nitrogens with zero attached hydrogens (tertiary/aromatic N) is 2. The fourth-order valence-electron chi connectivity index (χ4n) is 2.45. The summed E-state index contributed by atoms with van der Waals surface area (Å²) in [5.41, 5.74) is 5.59. The lowest BCUT2D eigenvalue weighted by Gasteiger charge is -2.18. The Morgan fingerprint density at radius 1 is 1.43 bits per heavy atom. The molecule has 1 aliphatic heterocycles. The van der Waals surface area contributed by atoms with Crippen LogP contribution in [0.3, 0.4) is 0 Å². The van der Waals surface area contributed by atoms with Crippen molar-refractivity contribution in [3.05, 3.63) is 28.3 Å². The van der Waals surface area contributed by atoms with Crippen molar-refractivity contribution in [3.8, 4) is 0 Å². The molecule has 0 radical (unpaired) electrons. The molecule has 0 aromatic carbocycles. The first-order valence-electron chi connectivity index (χ1n) is 7.67. The fourth-order valence-corrected chi connectivity index (χ4v) is 2.45. The molecule has 23 heavy (non-hydrogen) atoms. The topological polar surface area (TPSA) is 131 Å². The number of unbranched alkanes of at least 4 members (excludes halogenated alkanes) is 2. The summed E-state index contributed by atoms with van der Waals surface area (Å²) in [6.45, 7) is 1.63. The molecule has 1 aromatic heterocycles. The van der Waals surface area contributed by atoms with Gasteiger partial charge in [0.25, 0.3) is 0 Å². The van der Waals surface area contributed by atoms with Gasteiger partial charge in [-0.25, -0.2) is 4.79 Å². The minimum absolute atomic E-state index is 0.0886. The summed E-state index contributed by atoms with van der Waals surface area (Å²) in [7, 11) is 0. The van der Waals surface area contributed by atoms with E-state index in [-0.39, 0.29) is 5.82 Å². The number of aliphatic hydroxyl groups excluding tert-OH is 3. The van der Waals surface area contributed by atoms with Gasteiger partial charge in [0.1, 0.15) is 24.1 Å². The number of anilines is 1. The predicted octanol–water partition coefficient (Wildman–Crippen LogP) is -0.360. The molecule has 0 bridgehead atoms. The van der Waals surface area contributed by atoms with E-state index in [1.807, 2.05) is 6.08 Å². The standard InChI is InChI=1S/C15H23N3O5/c1-2-3-4-5-6-9-7-18(15(22)17-13(9)16)14-12(21)11(20)10(8-19)23-14/h5-7,10-12,14,19-21H,2-4,8H2,1H3,(H2,16,17,22)/b6-5+/t10-,11-,12-,14-/m1/s1. The van der Waals surface area contributed by atoms with E-state index >= 15 is 0 Å². The van der Waals surface area contributed by atoms with Crippen molar-refractivity contribution in [2.24, 2.45) is 0 Å². The molecule has 4 atom stereocenters. The maximum atomic E-state index is 12.0. The Balaban J connectivity index is 2.29. The van der Waals surface area contributed by atoms with Gasteiger partial charge in [-0.05, 0) is 6.42 Å². The molecule has 8 nitrogen and oxygen atoms in total. The number of rotatable bonds is 6. The number of aliphatic hydroxyl groups is 3. The zero-order chi connectivity index (χ0) is 17.0. The molecule has 128 valence electrons. The second-order valence-electron chi connectivity index (χ2n) is 5.54. The zero-order valence-electron chi connectivity index (χ0n) is 13.0. The summed E-state index contributed by atoms with van der Waals surface area (Å²) in [6.07, 6.45) is 3.42. The average molecular weight is 325 g/mol. The quantitative estimate of drug-likeness (QED) is 0.525. The number of hydrogen-bond acceptors (Lipinski definition) is 7.